The Balaban J connectivity index is 1.94. The number of carbonyl (C=O) groups is 2. The van der Waals surface area contributed by atoms with Crippen LogP contribution in [-0.4, -0.2) is 50.6 Å². The number of anilines is 1. The number of aryl methyl sites for hydroxylation is 1. The summed E-state index contributed by atoms with van der Waals surface area (Å²) in [6, 6.07) is 6.59. The highest BCUT2D eigenvalue weighted by molar-refractivity contribution is 7.90. The van der Waals surface area contributed by atoms with Gasteiger partial charge < -0.3 is 10.6 Å². The topological polar surface area (TPSA) is 92.3 Å². The third-order valence-corrected chi connectivity index (χ3v) is 8.21. The van der Waals surface area contributed by atoms with Crippen LogP contribution in [0.25, 0.3) is 0 Å². The lowest BCUT2D eigenvalue weighted by molar-refractivity contribution is -0.292. The highest BCUT2D eigenvalue weighted by Crippen LogP contribution is 2.48. The van der Waals surface area contributed by atoms with Crippen molar-refractivity contribution in [3.8, 4) is 0 Å². The van der Waals surface area contributed by atoms with E-state index >= 15 is 0 Å². The van der Waals surface area contributed by atoms with Crippen LogP contribution in [0.5, 0.6) is 0 Å². The van der Waals surface area contributed by atoms with Gasteiger partial charge in [-0.1, -0.05) is 29.8 Å². The summed E-state index contributed by atoms with van der Waals surface area (Å²) < 4.78 is 158. The number of rotatable bonds is 10. The normalized spacial score (nSPS) is 13.6. The molecule has 0 unspecified atom stereocenters. The number of carbonyl (C=O) groups excluding carboxylic acids is 2. The zero-order valence-electron chi connectivity index (χ0n) is 24.9. The smallest absolute Gasteiger partial charge is 0.348 e. The Kier molecular flexibility index (Phi) is 10.9. The summed E-state index contributed by atoms with van der Waals surface area (Å²) >= 11 is 6.17. The SMILES string of the molecule is Cc1cc(Cc2cc(C(F)(F)C(F)(F)F)cc(C(F)(F)C(F)(F)F)c2)ccc1NC(=O)c1cccc(Cl)c1C(=O)N[C@@H](C)CS(C)(=O)=O. The first-order chi connectivity index (χ1) is 21.7. The number of benzene rings is 3. The van der Waals surface area contributed by atoms with Gasteiger partial charge in [0.25, 0.3) is 11.8 Å². The molecule has 18 heteroatoms. The van der Waals surface area contributed by atoms with Crippen molar-refractivity contribution in [2.75, 3.05) is 17.3 Å². The van der Waals surface area contributed by atoms with Gasteiger partial charge in [-0.3, -0.25) is 9.59 Å². The number of nitrogens with one attached hydrogen (secondary N) is 2. The fraction of sp³-hybridized carbons (Fsp3) is 0.333. The number of alkyl halides is 10. The van der Waals surface area contributed by atoms with Gasteiger partial charge in [0.2, 0.25) is 0 Å². The third kappa shape index (κ3) is 8.78. The maximum Gasteiger partial charge on any atom is 0.458 e. The summed E-state index contributed by atoms with van der Waals surface area (Å²) in [5.74, 6) is -13.6. The van der Waals surface area contributed by atoms with E-state index in [4.69, 9.17) is 11.6 Å². The highest BCUT2D eigenvalue weighted by Gasteiger charge is 2.61. The number of sulfone groups is 1. The summed E-state index contributed by atoms with van der Waals surface area (Å²) in [5.41, 5.74) is -5.06. The molecule has 0 aromatic heterocycles. The molecule has 6 nitrogen and oxygen atoms in total. The van der Waals surface area contributed by atoms with E-state index in [1.54, 1.807) is 0 Å². The van der Waals surface area contributed by atoms with Gasteiger partial charge in [-0.25, -0.2) is 8.42 Å². The van der Waals surface area contributed by atoms with Crippen molar-refractivity contribution in [3.05, 3.63) is 98.6 Å². The van der Waals surface area contributed by atoms with Gasteiger partial charge in [-0.05, 0) is 73.4 Å². The molecule has 0 saturated heterocycles. The van der Waals surface area contributed by atoms with Crippen LogP contribution in [0.3, 0.4) is 0 Å². The molecule has 0 fully saturated rings. The predicted molar refractivity (Wildman–Crippen MR) is 156 cm³/mol. The molecular weight excluding hydrogens is 710 g/mol. The van der Waals surface area contributed by atoms with Gasteiger partial charge in [0.1, 0.15) is 9.84 Å². The van der Waals surface area contributed by atoms with Crippen LogP contribution in [0, 0.1) is 6.92 Å². The Morgan fingerprint density at radius 2 is 1.33 bits per heavy atom. The fourth-order valence-electron chi connectivity index (χ4n) is 4.62. The summed E-state index contributed by atoms with van der Waals surface area (Å²) in [4.78, 5) is 26.1. The first kappa shape index (κ1) is 38.6. The van der Waals surface area contributed by atoms with Gasteiger partial charge in [0, 0.05) is 29.1 Å². The van der Waals surface area contributed by atoms with Crippen LogP contribution in [0.2, 0.25) is 5.02 Å². The molecule has 0 radical (unpaired) electrons. The van der Waals surface area contributed by atoms with Crippen LogP contribution in [0.4, 0.5) is 49.6 Å². The maximum atomic E-state index is 14.1. The molecule has 3 rings (SSSR count). The molecule has 2 amide bonds. The summed E-state index contributed by atoms with van der Waals surface area (Å²) in [6.07, 6.45) is -12.3. The van der Waals surface area contributed by atoms with E-state index in [0.29, 0.717) is 0 Å². The van der Waals surface area contributed by atoms with Crippen molar-refractivity contribution >= 4 is 38.9 Å². The molecule has 0 aliphatic heterocycles. The molecule has 0 aliphatic carbocycles. The Bertz CT molecular complexity index is 1780. The molecule has 1 atom stereocenters. The van der Waals surface area contributed by atoms with E-state index < -0.39 is 86.8 Å². The van der Waals surface area contributed by atoms with Crippen LogP contribution in [0.15, 0.2) is 54.6 Å². The first-order valence-electron chi connectivity index (χ1n) is 13.5. The third-order valence-electron chi connectivity index (χ3n) is 6.79. The van der Waals surface area contributed by atoms with E-state index in [1.165, 1.54) is 50.2 Å². The van der Waals surface area contributed by atoms with Gasteiger partial charge >= 0.3 is 24.2 Å². The second-order valence-electron chi connectivity index (χ2n) is 11.0. The second-order valence-corrected chi connectivity index (χ2v) is 13.6. The lowest BCUT2D eigenvalue weighted by Gasteiger charge is -2.25. The molecule has 3 aromatic carbocycles. The van der Waals surface area contributed by atoms with Crippen LogP contribution >= 0.6 is 11.6 Å². The Morgan fingerprint density at radius 1 is 0.792 bits per heavy atom. The van der Waals surface area contributed by atoms with Crippen LogP contribution in [0.1, 0.15) is 55.5 Å². The van der Waals surface area contributed by atoms with Crippen molar-refractivity contribution in [3.63, 3.8) is 0 Å². The van der Waals surface area contributed by atoms with Crippen molar-refractivity contribution in [1.29, 1.82) is 0 Å². The first-order valence-corrected chi connectivity index (χ1v) is 15.9. The quantitative estimate of drug-likeness (QED) is 0.207. The molecule has 0 saturated carbocycles. The zero-order valence-corrected chi connectivity index (χ0v) is 26.5. The van der Waals surface area contributed by atoms with E-state index in [1.807, 2.05) is 0 Å². The Hall–Kier alpha value is -3.86. The monoisotopic (exact) mass is 734 g/mol. The van der Waals surface area contributed by atoms with Crippen molar-refractivity contribution in [2.24, 2.45) is 0 Å². The molecule has 2 N–H and O–H groups in total. The number of amides is 2. The van der Waals surface area contributed by atoms with E-state index in [2.05, 4.69) is 10.6 Å². The summed E-state index contributed by atoms with van der Waals surface area (Å²) in [5, 5.41) is 4.79. The van der Waals surface area contributed by atoms with Crippen molar-refractivity contribution in [2.45, 2.75) is 50.5 Å². The minimum absolute atomic E-state index is 0.0712. The second kappa shape index (κ2) is 13.6. The minimum atomic E-state index is -6.30. The average molecular weight is 735 g/mol. The zero-order chi connectivity index (χ0) is 36.6. The largest absolute Gasteiger partial charge is 0.458 e. The van der Waals surface area contributed by atoms with Gasteiger partial charge in [0.15, 0.2) is 0 Å². The molecule has 48 heavy (non-hydrogen) atoms. The van der Waals surface area contributed by atoms with Crippen molar-refractivity contribution < 1.29 is 61.9 Å². The number of hydrogen-bond acceptors (Lipinski definition) is 4. The molecule has 262 valence electrons. The Morgan fingerprint density at radius 3 is 1.81 bits per heavy atom. The van der Waals surface area contributed by atoms with E-state index in [9.17, 15) is 61.9 Å². The van der Waals surface area contributed by atoms with E-state index in [0.717, 1.165) is 6.26 Å². The van der Waals surface area contributed by atoms with E-state index in [-0.39, 0.29) is 45.1 Å². The van der Waals surface area contributed by atoms with Gasteiger partial charge in [0.05, 0.1) is 21.9 Å². The summed E-state index contributed by atoms with van der Waals surface area (Å²) in [7, 11) is -3.47. The van der Waals surface area contributed by atoms with Crippen LogP contribution < -0.4 is 10.6 Å². The van der Waals surface area contributed by atoms with Crippen LogP contribution in [-0.2, 0) is 28.1 Å². The molecule has 0 spiro atoms. The molecule has 3 aromatic rings. The molecule has 0 bridgehead atoms. The molecule has 0 heterocycles. The lowest BCUT2D eigenvalue weighted by Crippen LogP contribution is -2.38. The predicted octanol–water partition coefficient (Wildman–Crippen LogP) is 7.96. The highest BCUT2D eigenvalue weighted by atomic mass is 35.5. The molecular formula is C30H25ClF10N2O4S. The lowest BCUT2D eigenvalue weighted by atomic mass is 9.93. The van der Waals surface area contributed by atoms with Crippen molar-refractivity contribution in [1.82, 2.24) is 5.32 Å². The molecule has 0 aliphatic rings. The minimum Gasteiger partial charge on any atom is -0.348 e. The average Bonchev–Trinajstić information content (AvgIpc) is 2.91. The standard InChI is InChI=1S/C30H25ClF10N2O4S/c1-15-9-17(10-18-11-19(27(32,33)29(36,37)38)13-20(12-18)28(34,35)30(39,40)41)7-8-23(15)43-25(44)21-5-4-6-22(31)24(21)26(45)42-16(2)14-48(3,46)47/h4-9,11-13,16H,10,14H2,1-3H3,(H,42,45)(H,43,44)/t16-/m0/s1. The Labute approximate surface area is 272 Å². The number of halogens is 11. The number of hydrogen-bond donors (Lipinski definition) is 2. The fourth-order valence-corrected chi connectivity index (χ4v) is 5.87. The van der Waals surface area contributed by atoms with Gasteiger partial charge in [-0.15, -0.1) is 0 Å². The maximum absolute atomic E-state index is 14.1. The van der Waals surface area contributed by atoms with Gasteiger partial charge in [-0.2, -0.15) is 43.9 Å². The summed E-state index contributed by atoms with van der Waals surface area (Å²) in [6.45, 7) is 2.83.